The zero-order chi connectivity index (χ0) is 22.2. The Balaban J connectivity index is 1.58. The fraction of sp³-hybridized carbons (Fsp3) is 0.227. The number of carbonyl (C=O) groups excluding carboxylic acids is 3. The van der Waals surface area contributed by atoms with Crippen molar-refractivity contribution in [1.82, 2.24) is 25.0 Å². The summed E-state index contributed by atoms with van der Waals surface area (Å²) < 4.78 is 15.1. The molecule has 0 bridgehead atoms. The highest BCUT2D eigenvalue weighted by Gasteiger charge is 2.23. The molecule has 2 aromatic rings. The van der Waals surface area contributed by atoms with E-state index in [1.807, 2.05) is 6.08 Å². The van der Waals surface area contributed by atoms with E-state index in [1.165, 1.54) is 34.3 Å². The van der Waals surface area contributed by atoms with Crippen molar-refractivity contribution >= 4 is 18.1 Å². The summed E-state index contributed by atoms with van der Waals surface area (Å²) in [6.45, 7) is 0.152. The predicted molar refractivity (Wildman–Crippen MR) is 111 cm³/mol. The van der Waals surface area contributed by atoms with Gasteiger partial charge in [-0.05, 0) is 31.1 Å². The number of hydrogen-bond donors (Lipinski definition) is 1. The Hall–Kier alpha value is -3.88. The van der Waals surface area contributed by atoms with E-state index in [0.29, 0.717) is 30.4 Å². The minimum absolute atomic E-state index is 0.0618. The number of hydrogen-bond acceptors (Lipinski definition) is 5. The Morgan fingerprint density at radius 2 is 2.16 bits per heavy atom. The Labute approximate surface area is 178 Å². The van der Waals surface area contributed by atoms with Gasteiger partial charge in [-0.3, -0.25) is 14.4 Å². The van der Waals surface area contributed by atoms with Gasteiger partial charge in [0, 0.05) is 24.5 Å². The number of likely N-dealkylation sites (N-methyl/N-ethyl adjacent to an activating group) is 1. The van der Waals surface area contributed by atoms with Crippen LogP contribution in [-0.4, -0.2) is 44.8 Å². The van der Waals surface area contributed by atoms with Crippen LogP contribution in [0.2, 0.25) is 0 Å². The quantitative estimate of drug-likeness (QED) is 0.544. The minimum Gasteiger partial charge on any atom is -0.326 e. The number of benzene rings is 1. The van der Waals surface area contributed by atoms with Gasteiger partial charge >= 0.3 is 0 Å². The first-order chi connectivity index (χ1) is 15.0. The number of aromatic nitrogens is 3. The lowest BCUT2D eigenvalue weighted by Gasteiger charge is -2.19. The highest BCUT2D eigenvalue weighted by molar-refractivity contribution is 5.91. The molecule has 3 rings (SSSR count). The molecule has 0 radical (unpaired) electrons. The van der Waals surface area contributed by atoms with Gasteiger partial charge in [0.2, 0.25) is 11.7 Å². The van der Waals surface area contributed by atoms with E-state index in [4.69, 9.17) is 0 Å². The van der Waals surface area contributed by atoms with Crippen molar-refractivity contribution in [1.29, 1.82) is 0 Å². The van der Waals surface area contributed by atoms with Gasteiger partial charge in [0.05, 0.1) is 12.5 Å². The number of rotatable bonds is 7. The first-order valence-corrected chi connectivity index (χ1v) is 9.69. The Morgan fingerprint density at radius 3 is 2.94 bits per heavy atom. The van der Waals surface area contributed by atoms with E-state index in [2.05, 4.69) is 15.4 Å². The molecule has 2 amide bonds. The molecule has 1 aromatic carbocycles. The maximum Gasteiger partial charge on any atom is 0.294 e. The zero-order valence-corrected chi connectivity index (χ0v) is 16.9. The van der Waals surface area contributed by atoms with Crippen molar-refractivity contribution in [3.05, 3.63) is 84.0 Å². The van der Waals surface area contributed by atoms with Gasteiger partial charge in [-0.1, -0.05) is 30.4 Å². The number of carbonyl (C=O) groups is 3. The van der Waals surface area contributed by atoms with Crippen molar-refractivity contribution in [3.8, 4) is 0 Å². The number of halogens is 1. The van der Waals surface area contributed by atoms with Crippen LogP contribution in [0.4, 0.5) is 4.39 Å². The van der Waals surface area contributed by atoms with Gasteiger partial charge < -0.3 is 10.2 Å². The second kappa shape index (κ2) is 10.2. The van der Waals surface area contributed by atoms with Crippen LogP contribution in [0, 0.1) is 11.7 Å². The molecule has 1 atom stereocenters. The van der Waals surface area contributed by atoms with Crippen molar-refractivity contribution in [2.75, 3.05) is 7.05 Å². The molecule has 0 spiro atoms. The van der Waals surface area contributed by atoms with E-state index in [-0.39, 0.29) is 24.1 Å². The molecule has 0 aliphatic carbocycles. The van der Waals surface area contributed by atoms with Gasteiger partial charge in [0.1, 0.15) is 18.4 Å². The number of allylic oxidation sites excluding steroid dienone is 3. The summed E-state index contributed by atoms with van der Waals surface area (Å²) in [5.74, 6) is -1.52. The molecule has 1 aromatic heterocycles. The molecule has 9 heteroatoms. The second-order valence-corrected chi connectivity index (χ2v) is 6.90. The summed E-state index contributed by atoms with van der Waals surface area (Å²) in [5.41, 5.74) is 1.09. The van der Waals surface area contributed by atoms with Crippen LogP contribution in [0.5, 0.6) is 0 Å². The first-order valence-electron chi connectivity index (χ1n) is 9.69. The Bertz CT molecular complexity index is 1060. The Kier molecular flexibility index (Phi) is 7.21. The molecule has 1 N–H and O–H groups in total. The molecule has 1 aliphatic heterocycles. The van der Waals surface area contributed by atoms with Crippen molar-refractivity contribution in [2.24, 2.45) is 5.92 Å². The summed E-state index contributed by atoms with van der Waals surface area (Å²) in [6, 6.07) is 6.31. The molecule has 8 nitrogen and oxygen atoms in total. The molecule has 0 saturated heterocycles. The molecule has 0 fully saturated rings. The van der Waals surface area contributed by atoms with Crippen molar-refractivity contribution in [3.63, 3.8) is 0 Å². The standard InChI is InChI=1S/C22H22FN5O3/c1-27-18(9-5-13-29)8-4-7-16(22(27)31)11-12-24-21(30)20-25-15-28(26-20)14-17-6-2-3-10-19(17)23/h2-3,5-6,8-13,15-16H,4,7,14H2,1H3,(H,24,30)/b9-5-,12-11+/t16-/m1/s1. The highest BCUT2D eigenvalue weighted by Crippen LogP contribution is 2.21. The lowest BCUT2D eigenvalue weighted by Crippen LogP contribution is -2.30. The molecule has 2 heterocycles. The van der Waals surface area contributed by atoms with Crippen molar-refractivity contribution in [2.45, 2.75) is 19.4 Å². The number of nitrogens with one attached hydrogen (secondary N) is 1. The third-order valence-corrected chi connectivity index (χ3v) is 4.78. The first kappa shape index (κ1) is 21.8. The monoisotopic (exact) mass is 423 g/mol. The average molecular weight is 423 g/mol. The van der Waals surface area contributed by atoms with Gasteiger partial charge in [0.25, 0.3) is 5.91 Å². The van der Waals surface area contributed by atoms with E-state index >= 15 is 0 Å². The maximum atomic E-state index is 13.8. The highest BCUT2D eigenvalue weighted by atomic mass is 19.1. The lowest BCUT2D eigenvalue weighted by atomic mass is 10.0. The summed E-state index contributed by atoms with van der Waals surface area (Å²) in [5, 5.41) is 6.62. The summed E-state index contributed by atoms with van der Waals surface area (Å²) in [7, 11) is 1.64. The lowest BCUT2D eigenvalue weighted by molar-refractivity contribution is -0.130. The zero-order valence-electron chi connectivity index (χ0n) is 16.9. The Morgan fingerprint density at radius 1 is 1.35 bits per heavy atom. The van der Waals surface area contributed by atoms with Crippen LogP contribution < -0.4 is 5.32 Å². The fourth-order valence-electron chi connectivity index (χ4n) is 3.12. The third-order valence-electron chi connectivity index (χ3n) is 4.78. The van der Waals surface area contributed by atoms with Crippen LogP contribution in [0.25, 0.3) is 0 Å². The average Bonchev–Trinajstić information content (AvgIpc) is 3.19. The van der Waals surface area contributed by atoms with Crippen LogP contribution >= 0.6 is 0 Å². The summed E-state index contributed by atoms with van der Waals surface area (Å²) in [6.07, 6.45) is 11.1. The van der Waals surface area contributed by atoms with E-state index in [0.717, 1.165) is 0 Å². The van der Waals surface area contributed by atoms with Crippen LogP contribution in [0.15, 0.2) is 66.8 Å². The van der Waals surface area contributed by atoms with Crippen LogP contribution in [0.1, 0.15) is 29.0 Å². The molecule has 31 heavy (non-hydrogen) atoms. The normalized spacial score (nSPS) is 17.1. The smallest absolute Gasteiger partial charge is 0.294 e. The fourth-order valence-corrected chi connectivity index (χ4v) is 3.12. The number of amides is 2. The van der Waals surface area contributed by atoms with Crippen molar-refractivity contribution < 1.29 is 18.8 Å². The molecule has 160 valence electrons. The van der Waals surface area contributed by atoms with E-state index in [1.54, 1.807) is 37.4 Å². The minimum atomic E-state index is -0.536. The van der Waals surface area contributed by atoms with E-state index < -0.39 is 11.8 Å². The molecular formula is C22H22FN5O3. The van der Waals surface area contributed by atoms with Gasteiger partial charge in [-0.25, -0.2) is 14.1 Å². The largest absolute Gasteiger partial charge is 0.326 e. The SMILES string of the molecule is CN1C(=O)[C@@H](/C=C/NC(=O)c2ncn(Cc3ccccc3F)n2)CCC=C1/C=C\C=O. The molecule has 1 aliphatic rings. The maximum absolute atomic E-state index is 13.8. The second-order valence-electron chi connectivity index (χ2n) is 6.90. The number of aldehydes is 1. The number of nitrogens with zero attached hydrogens (tertiary/aromatic N) is 4. The summed E-state index contributed by atoms with van der Waals surface area (Å²) >= 11 is 0. The third kappa shape index (κ3) is 5.59. The topological polar surface area (TPSA) is 97.2 Å². The van der Waals surface area contributed by atoms with Crippen LogP contribution in [-0.2, 0) is 16.1 Å². The molecule has 0 saturated carbocycles. The molecule has 0 unspecified atom stereocenters. The molecular weight excluding hydrogens is 401 g/mol. The van der Waals surface area contributed by atoms with Crippen LogP contribution in [0.3, 0.4) is 0 Å². The predicted octanol–water partition coefficient (Wildman–Crippen LogP) is 2.22. The van der Waals surface area contributed by atoms with E-state index in [9.17, 15) is 18.8 Å². The van der Waals surface area contributed by atoms with Gasteiger partial charge in [0.15, 0.2) is 0 Å². The van der Waals surface area contributed by atoms with Gasteiger partial charge in [-0.2, -0.15) is 0 Å². The summed E-state index contributed by atoms with van der Waals surface area (Å²) in [4.78, 5) is 40.8. The van der Waals surface area contributed by atoms with Gasteiger partial charge in [-0.15, -0.1) is 5.10 Å².